The van der Waals surface area contributed by atoms with Crippen molar-refractivity contribution in [2.75, 3.05) is 0 Å². The molecular weight excluding hydrogens is 1390 g/mol. The first kappa shape index (κ1) is 66.1. The number of rotatable bonds is 11. The average molecular weight is 1430 g/mol. The van der Waals surface area contributed by atoms with E-state index in [4.69, 9.17) is 34.8 Å². The Balaban J connectivity index is 1.12. The highest BCUT2D eigenvalue weighted by molar-refractivity contribution is 9.12. The lowest BCUT2D eigenvalue weighted by Crippen LogP contribution is -2.18. The molecule has 5 aromatic heterocycles. The van der Waals surface area contributed by atoms with E-state index < -0.39 is 166 Å². The van der Waals surface area contributed by atoms with E-state index in [0.29, 0.717) is 19.7 Å². The molecule has 1 fully saturated rings. The summed E-state index contributed by atoms with van der Waals surface area (Å²) in [5.41, 5.74) is -17.6. The van der Waals surface area contributed by atoms with Gasteiger partial charge >= 0.3 is 30.9 Å². The van der Waals surface area contributed by atoms with Crippen LogP contribution in [0, 0.1) is 57.0 Å². The zero-order valence-electron chi connectivity index (χ0n) is 47.7. The second kappa shape index (κ2) is 23.3. The molecule has 482 valence electrons. The molecule has 10 nitrogen and oxygen atoms in total. The molecule has 31 heteroatoms. The molecule has 0 N–H and O–H groups in total. The number of aromatic nitrogens is 10. The lowest BCUT2D eigenvalue weighted by molar-refractivity contribution is -0.142. The molecule has 0 saturated heterocycles. The summed E-state index contributed by atoms with van der Waals surface area (Å²) in [4.78, 5) is 3.06. The quantitative estimate of drug-likeness (QED) is 0.0731. The van der Waals surface area contributed by atoms with E-state index in [-0.39, 0.29) is 39.2 Å². The van der Waals surface area contributed by atoms with E-state index in [0.717, 1.165) is 99.1 Å². The average Bonchev–Trinajstić information content (AvgIpc) is 1.60. The third-order valence-electron chi connectivity index (χ3n) is 15.5. The lowest BCUT2D eigenvalue weighted by Gasteiger charge is -2.17. The van der Waals surface area contributed by atoms with Gasteiger partial charge in [0.05, 0.1) is 22.8 Å². The summed E-state index contributed by atoms with van der Waals surface area (Å²) in [6.07, 6.45) is -25.5. The summed E-state index contributed by atoms with van der Waals surface area (Å²) in [7, 11) is 0. The minimum Gasteiger partial charge on any atom is -0.236 e. The molecule has 1 atom stereocenters. The van der Waals surface area contributed by atoms with E-state index in [9.17, 15) is 17.6 Å². The third kappa shape index (κ3) is 11.9. The SMILES string of the molecule is Cc1c(-c2ccc(C=CCl)cc2)c(C(F)(F)F)nn1-c1cc(C#CBr)ccc1-c1c(C(F)(F)F)nn(-c2cc(C3CC3(Cl)Cl)ccc2-c2c(C(F)(F)F)nn(-c3cccc(-c4c(C(F)(F)F)nn(-n5nc(C(F)(F)F)c(-c6cccc(F)c6)c5C)c4C)c3F)c2C)c1C. The second-order valence-corrected chi connectivity index (χ2v) is 23.5. The van der Waals surface area contributed by atoms with Crippen LogP contribution in [0.25, 0.3) is 78.8 Å². The standard InChI is InChI=1S/C62H37BrCl3F17N10/c1-28-46(35-15-12-33(13-16-35)21-23-64)52(58(69,70)71)84-90(28)44-24-34(20-22-63)14-18-39(44)49-30(3)91(86-55(49)61(78,79)80)45-26-36(42-27-57(42,65)66)17-19-40(45)48-29(2)89(85-54(48)60(75,76)77)43-11-7-10-41(51(43)68)50-32(5)93(88-56(50)62(81,82)83)92-31(4)47(53(87-92)59(72,73)74)37-8-6-9-38(67)25-37/h6-19,21,23-26,42H,27H2,1-5H3. The van der Waals surface area contributed by atoms with Crippen molar-refractivity contribution in [1.82, 2.24) is 49.1 Å². The van der Waals surface area contributed by atoms with E-state index in [1.807, 2.05) is 0 Å². The van der Waals surface area contributed by atoms with Crippen LogP contribution in [0.4, 0.5) is 74.6 Å². The van der Waals surface area contributed by atoms with Crippen LogP contribution in [0.15, 0.2) is 109 Å². The highest BCUT2D eigenvalue weighted by atomic mass is 79.9. The fourth-order valence-corrected chi connectivity index (χ4v) is 12.3. The zero-order valence-corrected chi connectivity index (χ0v) is 51.5. The van der Waals surface area contributed by atoms with Gasteiger partial charge in [-0.1, -0.05) is 84.3 Å². The van der Waals surface area contributed by atoms with Crippen LogP contribution in [0.2, 0.25) is 0 Å². The van der Waals surface area contributed by atoms with Crippen molar-refractivity contribution in [3.63, 3.8) is 0 Å². The van der Waals surface area contributed by atoms with Gasteiger partial charge in [-0.3, -0.25) is 0 Å². The largest absolute Gasteiger partial charge is 0.435 e. The number of hydrogen-bond donors (Lipinski definition) is 0. The lowest BCUT2D eigenvalue weighted by atomic mass is 9.96. The molecule has 1 unspecified atom stereocenters. The highest BCUT2D eigenvalue weighted by Crippen LogP contribution is 2.60. The molecule has 5 aromatic carbocycles. The Morgan fingerprint density at radius 2 is 0.914 bits per heavy atom. The normalized spacial score (nSPS) is 14.6. The van der Waals surface area contributed by atoms with Crippen molar-refractivity contribution in [3.8, 4) is 83.4 Å². The summed E-state index contributed by atoms with van der Waals surface area (Å²) >= 11 is 21.6. The molecule has 10 aromatic rings. The van der Waals surface area contributed by atoms with Gasteiger partial charge in [-0.2, -0.15) is 90.7 Å². The maximum atomic E-state index is 17.6. The van der Waals surface area contributed by atoms with E-state index in [1.54, 1.807) is 0 Å². The van der Waals surface area contributed by atoms with Crippen molar-refractivity contribution >= 4 is 56.8 Å². The van der Waals surface area contributed by atoms with Crippen LogP contribution in [-0.4, -0.2) is 53.5 Å². The number of nitrogens with zero attached hydrogens (tertiary/aromatic N) is 10. The Bertz CT molecular complexity index is 4760. The van der Waals surface area contributed by atoms with Crippen molar-refractivity contribution in [3.05, 3.63) is 194 Å². The van der Waals surface area contributed by atoms with Gasteiger partial charge in [0, 0.05) is 94.5 Å². The molecule has 0 bridgehead atoms. The summed E-state index contributed by atoms with van der Waals surface area (Å²) in [5.74, 6) is -0.806. The van der Waals surface area contributed by atoms with Gasteiger partial charge in [0.1, 0.15) is 15.8 Å². The first-order valence-electron chi connectivity index (χ1n) is 26.9. The van der Waals surface area contributed by atoms with Gasteiger partial charge < -0.3 is 0 Å². The molecule has 0 amide bonds. The number of hydrogen-bond acceptors (Lipinski definition) is 5. The van der Waals surface area contributed by atoms with Crippen molar-refractivity contribution in [2.24, 2.45) is 0 Å². The van der Waals surface area contributed by atoms with Crippen molar-refractivity contribution in [2.45, 2.75) is 82.2 Å². The van der Waals surface area contributed by atoms with Crippen LogP contribution < -0.4 is 0 Å². The van der Waals surface area contributed by atoms with Gasteiger partial charge in [0.15, 0.2) is 34.3 Å². The van der Waals surface area contributed by atoms with Crippen LogP contribution >= 0.6 is 50.7 Å². The van der Waals surface area contributed by atoms with Crippen LogP contribution in [0.5, 0.6) is 0 Å². The summed E-state index contributed by atoms with van der Waals surface area (Å²) in [6.45, 7) is 5.25. The van der Waals surface area contributed by atoms with Gasteiger partial charge in [-0.25, -0.2) is 22.8 Å². The van der Waals surface area contributed by atoms with E-state index in [2.05, 4.69) is 52.2 Å². The fourth-order valence-electron chi connectivity index (χ4n) is 11.3. The molecule has 5 heterocycles. The first-order valence-corrected chi connectivity index (χ1v) is 28.9. The van der Waals surface area contributed by atoms with Crippen molar-refractivity contribution < 1.29 is 74.6 Å². The van der Waals surface area contributed by atoms with Gasteiger partial charge in [-0.15, -0.1) is 33.4 Å². The first-order chi connectivity index (χ1) is 43.4. The maximum Gasteiger partial charge on any atom is 0.435 e. The smallest absolute Gasteiger partial charge is 0.236 e. The minimum atomic E-state index is -5.54. The van der Waals surface area contributed by atoms with E-state index >= 15 is 57.1 Å². The molecular formula is C62H37BrCl3F17N10. The Labute approximate surface area is 537 Å². The van der Waals surface area contributed by atoms with Gasteiger partial charge in [0.2, 0.25) is 0 Å². The molecule has 1 aliphatic rings. The summed E-state index contributed by atoms with van der Waals surface area (Å²) in [6, 6.07) is 18.9. The molecule has 0 radical (unpaired) electrons. The molecule has 11 rings (SSSR count). The second-order valence-electron chi connectivity index (χ2n) is 21.4. The summed E-state index contributed by atoms with van der Waals surface area (Å²) in [5, 5.41) is 18.7. The topological polar surface area (TPSA) is 89.1 Å². The van der Waals surface area contributed by atoms with Crippen LogP contribution in [-0.2, 0) is 30.9 Å². The summed E-state index contributed by atoms with van der Waals surface area (Å²) < 4.78 is 262. The van der Waals surface area contributed by atoms with Gasteiger partial charge in [0.25, 0.3) is 0 Å². The number of benzene rings is 5. The highest BCUT2D eigenvalue weighted by Gasteiger charge is 2.53. The maximum absolute atomic E-state index is 17.6. The minimum absolute atomic E-state index is 0.00378. The van der Waals surface area contributed by atoms with Gasteiger partial charge in [-0.05, 0) is 111 Å². The number of alkyl halides is 17. The number of halogens is 21. The molecule has 0 aliphatic heterocycles. The Kier molecular flexibility index (Phi) is 16.5. The molecule has 1 aliphatic carbocycles. The fraction of sp³-hybridized carbons (Fsp3) is 0.210. The monoisotopic (exact) mass is 1430 g/mol. The zero-order chi connectivity index (χ0) is 67.7. The predicted molar refractivity (Wildman–Crippen MR) is 315 cm³/mol. The van der Waals surface area contributed by atoms with Crippen LogP contribution in [0.1, 0.15) is 86.0 Å². The molecule has 93 heavy (non-hydrogen) atoms. The molecule has 1 saturated carbocycles. The Hall–Kier alpha value is -8.39. The van der Waals surface area contributed by atoms with Crippen LogP contribution in [0.3, 0.4) is 0 Å². The Morgan fingerprint density at radius 3 is 1.41 bits per heavy atom. The van der Waals surface area contributed by atoms with Crippen molar-refractivity contribution in [1.29, 1.82) is 0 Å². The molecule has 0 spiro atoms. The van der Waals surface area contributed by atoms with E-state index in [1.165, 1.54) is 54.9 Å². The predicted octanol–water partition coefficient (Wildman–Crippen LogP) is 19.8. The Morgan fingerprint density at radius 1 is 0.484 bits per heavy atom. The third-order valence-corrected chi connectivity index (χ3v) is 16.7.